The van der Waals surface area contributed by atoms with Crippen LogP contribution in [0.3, 0.4) is 0 Å². The van der Waals surface area contributed by atoms with E-state index in [-0.39, 0.29) is 9.77 Å². The Balaban J connectivity index is 2.00. The Morgan fingerprint density at radius 3 is 2.82 bits per heavy atom. The molecule has 1 aliphatic carbocycles. The summed E-state index contributed by atoms with van der Waals surface area (Å²) in [4.78, 5) is 11.6. The SMILES string of the molecule is CN(CC1CC1)S(=O)(=O)c1cc(C(N)=O)c(-n2cccn2)s1. The van der Waals surface area contributed by atoms with Crippen LogP contribution in [0.25, 0.3) is 5.00 Å². The van der Waals surface area contributed by atoms with E-state index in [1.54, 1.807) is 25.5 Å². The minimum atomic E-state index is -3.62. The number of primary amides is 1. The molecule has 2 aromatic rings. The van der Waals surface area contributed by atoms with E-state index in [0.29, 0.717) is 17.5 Å². The van der Waals surface area contributed by atoms with Crippen molar-refractivity contribution in [2.45, 2.75) is 17.1 Å². The summed E-state index contributed by atoms with van der Waals surface area (Å²) in [6.45, 7) is 0.503. The van der Waals surface area contributed by atoms with Gasteiger partial charge >= 0.3 is 0 Å². The van der Waals surface area contributed by atoms with E-state index in [9.17, 15) is 13.2 Å². The first-order chi connectivity index (χ1) is 10.4. The lowest BCUT2D eigenvalue weighted by molar-refractivity contribution is 0.100. The molecule has 3 rings (SSSR count). The smallest absolute Gasteiger partial charge is 0.252 e. The van der Waals surface area contributed by atoms with Crippen molar-refractivity contribution in [3.8, 4) is 5.00 Å². The van der Waals surface area contributed by atoms with Gasteiger partial charge in [-0.2, -0.15) is 9.40 Å². The van der Waals surface area contributed by atoms with Crippen molar-refractivity contribution in [3.05, 3.63) is 30.1 Å². The van der Waals surface area contributed by atoms with Crippen molar-refractivity contribution in [2.75, 3.05) is 13.6 Å². The zero-order valence-electron chi connectivity index (χ0n) is 12.0. The topological polar surface area (TPSA) is 98.3 Å². The number of amides is 1. The van der Waals surface area contributed by atoms with Crippen LogP contribution in [0.1, 0.15) is 23.2 Å². The van der Waals surface area contributed by atoms with Crippen molar-refractivity contribution in [2.24, 2.45) is 11.7 Å². The van der Waals surface area contributed by atoms with E-state index >= 15 is 0 Å². The quantitative estimate of drug-likeness (QED) is 0.850. The molecule has 0 aliphatic heterocycles. The largest absolute Gasteiger partial charge is 0.366 e. The van der Waals surface area contributed by atoms with Crippen LogP contribution >= 0.6 is 11.3 Å². The summed E-state index contributed by atoms with van der Waals surface area (Å²) in [6.07, 6.45) is 5.32. The van der Waals surface area contributed by atoms with Gasteiger partial charge in [0.25, 0.3) is 15.9 Å². The number of aromatic nitrogens is 2. The lowest BCUT2D eigenvalue weighted by atomic mass is 10.3. The summed E-state index contributed by atoms with van der Waals surface area (Å²) in [5.74, 6) is -0.228. The summed E-state index contributed by atoms with van der Waals surface area (Å²) in [6, 6.07) is 3.03. The maximum absolute atomic E-state index is 12.6. The number of sulfonamides is 1. The maximum atomic E-state index is 12.6. The molecule has 0 bridgehead atoms. The molecule has 1 fully saturated rings. The predicted molar refractivity (Wildman–Crippen MR) is 82.5 cm³/mol. The third kappa shape index (κ3) is 2.79. The first-order valence-electron chi connectivity index (χ1n) is 6.79. The maximum Gasteiger partial charge on any atom is 0.252 e. The number of nitrogens with zero attached hydrogens (tertiary/aromatic N) is 3. The number of carbonyl (C=O) groups excluding carboxylic acids is 1. The number of hydrogen-bond acceptors (Lipinski definition) is 5. The van der Waals surface area contributed by atoms with Crippen LogP contribution in [0.2, 0.25) is 0 Å². The van der Waals surface area contributed by atoms with Crippen LogP contribution < -0.4 is 5.73 Å². The van der Waals surface area contributed by atoms with Crippen LogP contribution in [0.5, 0.6) is 0 Å². The zero-order chi connectivity index (χ0) is 15.9. The van der Waals surface area contributed by atoms with Crippen molar-refractivity contribution < 1.29 is 13.2 Å². The summed E-state index contributed by atoms with van der Waals surface area (Å²) in [5.41, 5.74) is 5.52. The molecule has 0 radical (unpaired) electrons. The van der Waals surface area contributed by atoms with Gasteiger partial charge in [0.1, 0.15) is 9.21 Å². The van der Waals surface area contributed by atoms with Gasteiger partial charge in [-0.15, -0.1) is 11.3 Å². The lowest BCUT2D eigenvalue weighted by Gasteiger charge is -2.15. The van der Waals surface area contributed by atoms with Crippen LogP contribution in [0, 0.1) is 5.92 Å². The molecule has 2 heterocycles. The molecular weight excluding hydrogens is 324 g/mol. The van der Waals surface area contributed by atoms with E-state index in [1.165, 1.54) is 15.1 Å². The molecule has 1 aliphatic rings. The molecule has 2 N–H and O–H groups in total. The van der Waals surface area contributed by atoms with E-state index in [2.05, 4.69) is 5.10 Å². The summed E-state index contributed by atoms with van der Waals surface area (Å²) in [7, 11) is -2.06. The number of nitrogens with two attached hydrogens (primary N) is 1. The molecule has 0 aromatic carbocycles. The Bertz CT molecular complexity index is 791. The molecule has 7 nitrogen and oxygen atoms in total. The van der Waals surface area contributed by atoms with Crippen molar-refractivity contribution in [3.63, 3.8) is 0 Å². The van der Waals surface area contributed by atoms with Crippen LogP contribution in [0.15, 0.2) is 28.7 Å². The highest BCUT2D eigenvalue weighted by Crippen LogP contribution is 2.34. The summed E-state index contributed by atoms with van der Waals surface area (Å²) >= 11 is 0.998. The van der Waals surface area contributed by atoms with Gasteiger partial charge in [-0.1, -0.05) is 0 Å². The first kappa shape index (κ1) is 15.2. The third-order valence-corrected chi connectivity index (χ3v) is 6.94. The van der Waals surface area contributed by atoms with Gasteiger partial charge in [-0.05, 0) is 30.9 Å². The average Bonchev–Trinajstić information content (AvgIpc) is 2.96. The number of hydrogen-bond donors (Lipinski definition) is 1. The molecular formula is C13H16N4O3S2. The number of rotatable bonds is 6. The average molecular weight is 340 g/mol. The van der Waals surface area contributed by atoms with E-state index < -0.39 is 15.9 Å². The van der Waals surface area contributed by atoms with Crippen molar-refractivity contribution >= 4 is 27.3 Å². The third-order valence-electron chi connectivity index (χ3n) is 3.54. The minimum absolute atomic E-state index is 0.106. The Labute approximate surface area is 132 Å². The Morgan fingerprint density at radius 1 is 1.55 bits per heavy atom. The molecule has 0 saturated heterocycles. The number of thiophene rings is 1. The van der Waals surface area contributed by atoms with Gasteiger partial charge in [-0.25, -0.2) is 13.1 Å². The Kier molecular flexibility index (Phi) is 3.79. The second-order valence-electron chi connectivity index (χ2n) is 5.33. The fraction of sp³-hybridized carbons (Fsp3) is 0.385. The van der Waals surface area contributed by atoms with Crippen molar-refractivity contribution in [1.82, 2.24) is 14.1 Å². The second kappa shape index (κ2) is 5.49. The second-order valence-corrected chi connectivity index (χ2v) is 8.63. The monoisotopic (exact) mass is 340 g/mol. The predicted octanol–water partition coefficient (Wildman–Crippen LogP) is 1.06. The lowest BCUT2D eigenvalue weighted by Crippen LogP contribution is -2.28. The zero-order valence-corrected chi connectivity index (χ0v) is 13.6. The molecule has 0 spiro atoms. The summed E-state index contributed by atoms with van der Waals surface area (Å²) < 4.78 is 28.1. The molecule has 1 amide bonds. The fourth-order valence-electron chi connectivity index (χ4n) is 2.14. The van der Waals surface area contributed by atoms with Gasteiger partial charge in [0, 0.05) is 26.0 Å². The first-order valence-corrected chi connectivity index (χ1v) is 9.05. The van der Waals surface area contributed by atoms with Gasteiger partial charge < -0.3 is 5.73 Å². The number of carbonyl (C=O) groups is 1. The molecule has 2 aromatic heterocycles. The standard InChI is InChI=1S/C13H16N4O3S2/c1-16(8-9-3-4-9)22(19,20)11-7-10(12(14)18)13(21-11)17-6-2-5-15-17/h2,5-7,9H,3-4,8H2,1H3,(H2,14,18). The molecule has 0 atom stereocenters. The van der Waals surface area contributed by atoms with Gasteiger partial charge in [0.15, 0.2) is 0 Å². The highest BCUT2D eigenvalue weighted by atomic mass is 32.2. The van der Waals surface area contributed by atoms with E-state index in [4.69, 9.17) is 5.73 Å². The summed E-state index contributed by atoms with van der Waals surface area (Å²) in [5, 5.41) is 4.45. The Hall–Kier alpha value is -1.71. The molecule has 9 heteroatoms. The van der Waals surface area contributed by atoms with Crippen LogP contribution in [0.4, 0.5) is 0 Å². The van der Waals surface area contributed by atoms with Crippen LogP contribution in [-0.4, -0.2) is 42.0 Å². The highest BCUT2D eigenvalue weighted by Gasteiger charge is 2.31. The molecule has 118 valence electrons. The minimum Gasteiger partial charge on any atom is -0.366 e. The van der Waals surface area contributed by atoms with Gasteiger partial charge in [0.05, 0.1) is 5.56 Å². The highest BCUT2D eigenvalue weighted by molar-refractivity contribution is 7.91. The molecule has 22 heavy (non-hydrogen) atoms. The molecule has 1 saturated carbocycles. The van der Waals surface area contributed by atoms with Crippen molar-refractivity contribution in [1.29, 1.82) is 0 Å². The molecule has 0 unspecified atom stereocenters. The Morgan fingerprint density at radius 2 is 2.27 bits per heavy atom. The van der Waals surface area contributed by atoms with E-state index in [0.717, 1.165) is 24.2 Å². The van der Waals surface area contributed by atoms with Gasteiger partial charge in [0.2, 0.25) is 0 Å². The van der Waals surface area contributed by atoms with E-state index in [1.807, 2.05) is 0 Å². The normalized spacial score (nSPS) is 15.4. The van der Waals surface area contributed by atoms with Gasteiger partial charge in [-0.3, -0.25) is 4.79 Å². The van der Waals surface area contributed by atoms with Crippen LogP contribution in [-0.2, 0) is 10.0 Å². The fourth-order valence-corrected chi connectivity index (χ4v) is 5.00.